The number of nitrogens with zero attached hydrogens (tertiary/aromatic N) is 1. The molecule has 0 saturated carbocycles. The van der Waals surface area contributed by atoms with Crippen molar-refractivity contribution in [1.82, 2.24) is 10.3 Å². The van der Waals surface area contributed by atoms with Crippen molar-refractivity contribution in [3.63, 3.8) is 0 Å². The quantitative estimate of drug-likeness (QED) is 0.318. The van der Waals surface area contributed by atoms with Crippen molar-refractivity contribution in [1.29, 1.82) is 0 Å². The van der Waals surface area contributed by atoms with Gasteiger partial charge in [0.25, 0.3) is 0 Å². The van der Waals surface area contributed by atoms with Crippen molar-refractivity contribution in [2.75, 3.05) is 6.54 Å². The van der Waals surface area contributed by atoms with Crippen LogP contribution >= 0.6 is 0 Å². The van der Waals surface area contributed by atoms with E-state index in [4.69, 9.17) is 4.43 Å². The third kappa shape index (κ3) is 7.36. The van der Waals surface area contributed by atoms with E-state index in [9.17, 15) is 0 Å². The highest BCUT2D eigenvalue weighted by Gasteiger charge is 2.21. The molecule has 2 atom stereocenters. The summed E-state index contributed by atoms with van der Waals surface area (Å²) in [6.07, 6.45) is 6.58. The molecular weight excluding hydrogens is 348 g/mol. The van der Waals surface area contributed by atoms with Gasteiger partial charge in [0.15, 0.2) is 0 Å². The van der Waals surface area contributed by atoms with Crippen LogP contribution in [0.25, 0.3) is 10.9 Å². The third-order valence-corrected chi connectivity index (χ3v) is 6.21. The Labute approximate surface area is 167 Å². The Hall–Kier alpha value is -1.23. The Bertz CT molecular complexity index is 691. The second-order valence-electron chi connectivity index (χ2n) is 8.90. The average molecular weight is 386 g/mol. The van der Waals surface area contributed by atoms with Crippen molar-refractivity contribution in [3.8, 4) is 0 Å². The normalized spacial score (nSPS) is 14.6. The van der Waals surface area contributed by atoms with Gasteiger partial charge in [-0.3, -0.25) is 10.3 Å². The SMILES string of the molecule is CC(CCC(NCCCc1ccnc2ccccc12)O[Si](C)C)C(C)(C)C. The lowest BCUT2D eigenvalue weighted by Gasteiger charge is -2.29. The molecule has 4 heteroatoms. The van der Waals surface area contributed by atoms with Crippen LogP contribution in [0.3, 0.4) is 0 Å². The van der Waals surface area contributed by atoms with E-state index in [1.807, 2.05) is 6.20 Å². The summed E-state index contributed by atoms with van der Waals surface area (Å²) in [6.45, 7) is 14.8. The molecule has 2 aromatic rings. The molecule has 1 heterocycles. The van der Waals surface area contributed by atoms with Gasteiger partial charge in [0.05, 0.1) is 11.7 Å². The highest BCUT2D eigenvalue weighted by Crippen LogP contribution is 2.29. The van der Waals surface area contributed by atoms with Gasteiger partial charge in [-0.25, -0.2) is 0 Å². The zero-order chi connectivity index (χ0) is 19.9. The Morgan fingerprint density at radius 2 is 1.85 bits per heavy atom. The Morgan fingerprint density at radius 3 is 2.56 bits per heavy atom. The zero-order valence-electron chi connectivity index (χ0n) is 18.0. The minimum absolute atomic E-state index is 0.188. The van der Waals surface area contributed by atoms with Gasteiger partial charge in [-0.1, -0.05) is 45.9 Å². The smallest absolute Gasteiger partial charge is 0.207 e. The topological polar surface area (TPSA) is 34.2 Å². The number of fused-ring (bicyclic) bond motifs is 1. The summed E-state index contributed by atoms with van der Waals surface area (Å²) in [5.74, 6) is 0.693. The van der Waals surface area contributed by atoms with Crippen LogP contribution in [0, 0.1) is 11.3 Å². The van der Waals surface area contributed by atoms with E-state index < -0.39 is 9.04 Å². The molecule has 0 bridgehead atoms. The van der Waals surface area contributed by atoms with E-state index in [0.717, 1.165) is 31.3 Å². The van der Waals surface area contributed by atoms with Gasteiger partial charge in [-0.2, -0.15) is 0 Å². The first-order valence-corrected chi connectivity index (χ1v) is 12.7. The van der Waals surface area contributed by atoms with Crippen molar-refractivity contribution in [3.05, 3.63) is 42.1 Å². The second kappa shape index (κ2) is 10.3. The maximum atomic E-state index is 6.22. The van der Waals surface area contributed by atoms with Crippen LogP contribution < -0.4 is 5.32 Å². The highest BCUT2D eigenvalue weighted by atomic mass is 28.3. The fourth-order valence-corrected chi connectivity index (χ4v) is 4.01. The van der Waals surface area contributed by atoms with Crippen molar-refractivity contribution in [2.24, 2.45) is 11.3 Å². The number of rotatable bonds is 10. The molecule has 1 N–H and O–H groups in total. The summed E-state index contributed by atoms with van der Waals surface area (Å²) in [5.41, 5.74) is 2.83. The molecule has 1 radical (unpaired) electrons. The highest BCUT2D eigenvalue weighted by molar-refractivity contribution is 6.48. The van der Waals surface area contributed by atoms with Gasteiger partial charge in [0.1, 0.15) is 0 Å². The molecule has 1 aromatic carbocycles. The number of para-hydroxylation sites is 1. The molecule has 0 aliphatic carbocycles. The van der Waals surface area contributed by atoms with Gasteiger partial charge in [0, 0.05) is 11.6 Å². The second-order valence-corrected chi connectivity index (χ2v) is 11.0. The number of hydrogen-bond donors (Lipinski definition) is 1. The first-order chi connectivity index (χ1) is 12.8. The molecule has 0 saturated heterocycles. The van der Waals surface area contributed by atoms with Crippen LogP contribution in [-0.2, 0) is 10.8 Å². The summed E-state index contributed by atoms with van der Waals surface area (Å²) in [7, 11) is -0.703. The molecule has 149 valence electrons. The van der Waals surface area contributed by atoms with Gasteiger partial charge < -0.3 is 4.43 Å². The number of nitrogens with one attached hydrogen (secondary N) is 1. The predicted octanol–water partition coefficient (Wildman–Crippen LogP) is 5.81. The van der Waals surface area contributed by atoms with E-state index in [0.29, 0.717) is 11.3 Å². The van der Waals surface area contributed by atoms with E-state index in [-0.39, 0.29) is 6.23 Å². The summed E-state index contributed by atoms with van der Waals surface area (Å²) < 4.78 is 6.22. The number of hydrogen-bond acceptors (Lipinski definition) is 3. The van der Waals surface area contributed by atoms with E-state index in [2.05, 4.69) is 81.4 Å². The molecule has 3 nitrogen and oxygen atoms in total. The van der Waals surface area contributed by atoms with Crippen LogP contribution in [0.2, 0.25) is 13.1 Å². The van der Waals surface area contributed by atoms with Gasteiger partial charge in [-0.15, -0.1) is 0 Å². The van der Waals surface area contributed by atoms with E-state index >= 15 is 0 Å². The Morgan fingerprint density at radius 1 is 1.11 bits per heavy atom. The summed E-state index contributed by atoms with van der Waals surface area (Å²) in [4.78, 5) is 4.46. The summed E-state index contributed by atoms with van der Waals surface area (Å²) in [5, 5.41) is 4.94. The maximum Gasteiger partial charge on any atom is 0.207 e. The van der Waals surface area contributed by atoms with Crippen LogP contribution in [0.15, 0.2) is 36.5 Å². The molecule has 0 fully saturated rings. The van der Waals surface area contributed by atoms with Gasteiger partial charge >= 0.3 is 0 Å². The third-order valence-electron chi connectivity index (χ3n) is 5.45. The van der Waals surface area contributed by atoms with Crippen LogP contribution in [0.4, 0.5) is 0 Å². The fourth-order valence-electron chi connectivity index (χ4n) is 3.24. The summed E-state index contributed by atoms with van der Waals surface area (Å²) in [6, 6.07) is 10.6. The standard InChI is InChI=1S/C23H37N2OSi/c1-18(23(2,3)4)13-14-22(26-27(5)6)25-16-9-10-19-15-17-24-21-12-8-7-11-20(19)21/h7-8,11-12,15,17-18,22,25H,9-10,13-14,16H2,1-6H3. The molecule has 0 spiro atoms. The zero-order valence-corrected chi connectivity index (χ0v) is 19.0. The lowest BCUT2D eigenvalue weighted by atomic mass is 9.79. The van der Waals surface area contributed by atoms with Crippen molar-refractivity contribution in [2.45, 2.75) is 72.7 Å². The molecule has 0 aliphatic rings. The minimum atomic E-state index is -0.703. The molecule has 0 aliphatic heterocycles. The van der Waals surface area contributed by atoms with E-state index in [1.54, 1.807) is 0 Å². The lowest BCUT2D eigenvalue weighted by Crippen LogP contribution is -2.36. The number of benzene rings is 1. The Balaban J connectivity index is 1.84. The Kier molecular flexibility index (Phi) is 8.46. The molecule has 27 heavy (non-hydrogen) atoms. The first-order valence-electron chi connectivity index (χ1n) is 10.3. The van der Waals surface area contributed by atoms with Crippen LogP contribution in [0.5, 0.6) is 0 Å². The number of aromatic nitrogens is 1. The largest absolute Gasteiger partial charge is 0.402 e. The first kappa shape index (κ1) is 22.1. The molecule has 2 unspecified atom stereocenters. The van der Waals surface area contributed by atoms with Crippen LogP contribution in [-0.4, -0.2) is 26.8 Å². The van der Waals surface area contributed by atoms with Crippen LogP contribution in [0.1, 0.15) is 52.5 Å². The fraction of sp³-hybridized carbons (Fsp3) is 0.609. The minimum Gasteiger partial charge on any atom is -0.402 e. The average Bonchev–Trinajstić information content (AvgIpc) is 2.61. The van der Waals surface area contributed by atoms with Gasteiger partial charge in [0.2, 0.25) is 9.04 Å². The molecular formula is C23H37N2OSi. The van der Waals surface area contributed by atoms with E-state index in [1.165, 1.54) is 17.4 Å². The van der Waals surface area contributed by atoms with Gasteiger partial charge in [-0.05, 0) is 74.4 Å². The maximum absolute atomic E-state index is 6.22. The number of aryl methyl sites for hydroxylation is 1. The molecule has 1 aromatic heterocycles. The lowest BCUT2D eigenvalue weighted by molar-refractivity contribution is 0.131. The predicted molar refractivity (Wildman–Crippen MR) is 118 cm³/mol. The van der Waals surface area contributed by atoms with Crippen molar-refractivity contribution >= 4 is 19.9 Å². The number of pyridine rings is 1. The van der Waals surface area contributed by atoms with Crippen molar-refractivity contribution < 1.29 is 4.43 Å². The molecule has 2 rings (SSSR count). The summed E-state index contributed by atoms with van der Waals surface area (Å²) >= 11 is 0. The molecule has 0 amide bonds. The monoisotopic (exact) mass is 385 g/mol.